The number of hydrogen-bond acceptors (Lipinski definition) is 6. The lowest BCUT2D eigenvalue weighted by molar-refractivity contribution is -0.117. The summed E-state index contributed by atoms with van der Waals surface area (Å²) in [6.07, 6.45) is 0.275. The van der Waals surface area contributed by atoms with E-state index >= 15 is 0 Å². The van der Waals surface area contributed by atoms with Crippen molar-refractivity contribution in [1.29, 1.82) is 0 Å². The van der Waals surface area contributed by atoms with E-state index in [1.54, 1.807) is 29.2 Å². The molecular formula is C20H18N4O4. The van der Waals surface area contributed by atoms with Gasteiger partial charge in [-0.3, -0.25) is 14.9 Å². The average molecular weight is 378 g/mol. The molecule has 142 valence electrons. The lowest BCUT2D eigenvalue weighted by atomic mass is 10.1. The van der Waals surface area contributed by atoms with Gasteiger partial charge in [-0.05, 0) is 24.3 Å². The molecule has 0 saturated carbocycles. The molecule has 0 radical (unpaired) electrons. The Labute approximate surface area is 161 Å². The van der Waals surface area contributed by atoms with Gasteiger partial charge in [-0.15, -0.1) is 5.10 Å². The number of methoxy groups -OCH3 is 1. The third kappa shape index (κ3) is 3.44. The number of aromatic nitrogens is 2. The van der Waals surface area contributed by atoms with E-state index in [4.69, 9.17) is 9.15 Å². The van der Waals surface area contributed by atoms with Crippen LogP contribution in [-0.4, -0.2) is 35.7 Å². The Hall–Kier alpha value is -3.68. The second-order valence-corrected chi connectivity index (χ2v) is 6.34. The third-order valence-corrected chi connectivity index (χ3v) is 4.55. The fourth-order valence-corrected chi connectivity index (χ4v) is 3.18. The lowest BCUT2D eigenvalue weighted by Crippen LogP contribution is -2.24. The normalized spacial score (nSPS) is 16.2. The molecule has 1 aliphatic heterocycles. The van der Waals surface area contributed by atoms with Crippen LogP contribution < -0.4 is 15.0 Å². The first-order valence-corrected chi connectivity index (χ1v) is 8.79. The minimum Gasteiger partial charge on any atom is -0.496 e. The van der Waals surface area contributed by atoms with Gasteiger partial charge in [0, 0.05) is 18.7 Å². The van der Waals surface area contributed by atoms with Crippen LogP contribution in [-0.2, 0) is 4.79 Å². The summed E-state index contributed by atoms with van der Waals surface area (Å²) in [5.74, 6) is 0.119. The van der Waals surface area contributed by atoms with Gasteiger partial charge in [0.2, 0.25) is 11.8 Å². The maximum absolute atomic E-state index is 12.4. The number of anilines is 2. The zero-order valence-electron chi connectivity index (χ0n) is 15.2. The zero-order chi connectivity index (χ0) is 19.5. The molecule has 1 aromatic heterocycles. The molecule has 8 nitrogen and oxygen atoms in total. The molecule has 1 saturated heterocycles. The van der Waals surface area contributed by atoms with Crippen molar-refractivity contribution in [2.45, 2.75) is 12.3 Å². The molecule has 1 aliphatic rings. The minimum atomic E-state index is -0.416. The van der Waals surface area contributed by atoms with Gasteiger partial charge < -0.3 is 14.1 Å². The number of benzene rings is 2. The molecule has 1 fully saturated rings. The number of rotatable bonds is 5. The molecule has 1 unspecified atom stereocenters. The molecule has 28 heavy (non-hydrogen) atoms. The Morgan fingerprint density at radius 1 is 1.14 bits per heavy atom. The maximum Gasteiger partial charge on any atom is 0.322 e. The van der Waals surface area contributed by atoms with Crippen LogP contribution in [0.3, 0.4) is 0 Å². The number of carbonyl (C=O) groups excluding carboxylic acids is 2. The summed E-state index contributed by atoms with van der Waals surface area (Å²) in [6.45, 7) is 0.449. The molecule has 1 N–H and O–H groups in total. The van der Waals surface area contributed by atoms with E-state index in [9.17, 15) is 9.59 Å². The van der Waals surface area contributed by atoms with E-state index in [1.165, 1.54) is 7.11 Å². The van der Waals surface area contributed by atoms with Gasteiger partial charge >= 0.3 is 6.01 Å². The standard InChI is InChI=1S/C20H18N4O4/c1-27-16-10-6-5-9-15(16)18(26)21-20-23-22-19(28-20)13-11-17(25)24(12-13)14-7-3-2-4-8-14/h2-10,13H,11-12H2,1H3,(H,21,23,26). The average Bonchev–Trinajstić information content (AvgIpc) is 3.35. The van der Waals surface area contributed by atoms with Crippen LogP contribution in [0.2, 0.25) is 0 Å². The lowest BCUT2D eigenvalue weighted by Gasteiger charge is -2.15. The number of nitrogens with zero attached hydrogens (tertiary/aromatic N) is 3. The first-order chi connectivity index (χ1) is 13.7. The van der Waals surface area contributed by atoms with Crippen molar-refractivity contribution >= 4 is 23.5 Å². The number of ether oxygens (including phenoxy) is 1. The van der Waals surface area contributed by atoms with Crippen molar-refractivity contribution in [1.82, 2.24) is 10.2 Å². The largest absolute Gasteiger partial charge is 0.496 e. The molecule has 0 bridgehead atoms. The van der Waals surface area contributed by atoms with Crippen LogP contribution in [0.4, 0.5) is 11.7 Å². The van der Waals surface area contributed by atoms with Gasteiger partial charge in [-0.2, -0.15) is 0 Å². The number of para-hydroxylation sites is 2. The highest BCUT2D eigenvalue weighted by molar-refractivity contribution is 6.05. The molecule has 3 aromatic rings. The van der Waals surface area contributed by atoms with Crippen LogP contribution in [0.25, 0.3) is 0 Å². The Kier molecular flexibility index (Phi) is 4.76. The van der Waals surface area contributed by atoms with E-state index in [-0.39, 0.29) is 24.3 Å². The van der Waals surface area contributed by atoms with Crippen molar-refractivity contribution < 1.29 is 18.7 Å². The van der Waals surface area contributed by atoms with Crippen LogP contribution in [0.1, 0.15) is 28.6 Å². The number of amides is 2. The Morgan fingerprint density at radius 2 is 1.89 bits per heavy atom. The van der Waals surface area contributed by atoms with E-state index in [1.807, 2.05) is 30.3 Å². The van der Waals surface area contributed by atoms with E-state index in [0.29, 0.717) is 23.7 Å². The Bertz CT molecular complexity index is 1000. The van der Waals surface area contributed by atoms with Gasteiger partial charge in [0.25, 0.3) is 5.91 Å². The molecule has 0 aliphatic carbocycles. The fraction of sp³-hybridized carbons (Fsp3) is 0.200. The van der Waals surface area contributed by atoms with Gasteiger partial charge in [0.15, 0.2) is 0 Å². The third-order valence-electron chi connectivity index (χ3n) is 4.55. The molecule has 1 atom stereocenters. The maximum atomic E-state index is 12.4. The van der Waals surface area contributed by atoms with Crippen molar-refractivity contribution in [3.05, 3.63) is 66.1 Å². The van der Waals surface area contributed by atoms with Crippen LogP contribution in [0, 0.1) is 0 Å². The smallest absolute Gasteiger partial charge is 0.322 e. The second kappa shape index (κ2) is 7.51. The van der Waals surface area contributed by atoms with Gasteiger partial charge in [0.05, 0.1) is 18.6 Å². The topological polar surface area (TPSA) is 97.6 Å². The summed E-state index contributed by atoms with van der Waals surface area (Å²) in [6, 6.07) is 16.2. The summed E-state index contributed by atoms with van der Waals surface area (Å²) in [5, 5.41) is 10.5. The SMILES string of the molecule is COc1ccccc1C(=O)Nc1nnc(C2CC(=O)N(c3ccccc3)C2)o1. The summed E-state index contributed by atoms with van der Waals surface area (Å²) in [4.78, 5) is 26.5. The van der Waals surface area contributed by atoms with E-state index < -0.39 is 5.91 Å². The molecule has 8 heteroatoms. The van der Waals surface area contributed by atoms with Crippen molar-refractivity contribution in [3.8, 4) is 5.75 Å². The molecule has 2 aromatic carbocycles. The van der Waals surface area contributed by atoms with E-state index in [2.05, 4.69) is 15.5 Å². The van der Waals surface area contributed by atoms with Crippen LogP contribution in [0.15, 0.2) is 59.0 Å². The zero-order valence-corrected chi connectivity index (χ0v) is 15.2. The first-order valence-electron chi connectivity index (χ1n) is 8.79. The highest BCUT2D eigenvalue weighted by Gasteiger charge is 2.35. The monoisotopic (exact) mass is 378 g/mol. The van der Waals surface area contributed by atoms with Gasteiger partial charge in [0.1, 0.15) is 5.75 Å². The van der Waals surface area contributed by atoms with Crippen molar-refractivity contribution in [3.63, 3.8) is 0 Å². The van der Waals surface area contributed by atoms with Crippen molar-refractivity contribution in [2.24, 2.45) is 0 Å². The Balaban J connectivity index is 1.46. The highest BCUT2D eigenvalue weighted by atomic mass is 16.5. The number of carbonyl (C=O) groups is 2. The van der Waals surface area contributed by atoms with Gasteiger partial charge in [-0.1, -0.05) is 35.4 Å². The first kappa shape index (κ1) is 17.7. The summed E-state index contributed by atoms with van der Waals surface area (Å²) in [7, 11) is 1.49. The predicted octanol–water partition coefficient (Wildman–Crippen LogP) is 2.85. The highest BCUT2D eigenvalue weighted by Crippen LogP contribution is 2.31. The number of hydrogen-bond donors (Lipinski definition) is 1. The minimum absolute atomic E-state index is 0.00555. The molecule has 2 heterocycles. The Morgan fingerprint density at radius 3 is 2.68 bits per heavy atom. The summed E-state index contributed by atoms with van der Waals surface area (Å²) in [5.41, 5.74) is 1.19. The molecule has 0 spiro atoms. The van der Waals surface area contributed by atoms with Crippen molar-refractivity contribution in [2.75, 3.05) is 23.9 Å². The summed E-state index contributed by atoms with van der Waals surface area (Å²) < 4.78 is 10.8. The fourth-order valence-electron chi connectivity index (χ4n) is 3.18. The molecular weight excluding hydrogens is 360 g/mol. The number of nitrogens with one attached hydrogen (secondary N) is 1. The quantitative estimate of drug-likeness (QED) is 0.733. The second-order valence-electron chi connectivity index (χ2n) is 6.34. The molecule has 2 amide bonds. The van der Waals surface area contributed by atoms with Gasteiger partial charge in [-0.25, -0.2) is 0 Å². The molecule has 4 rings (SSSR count). The van der Waals surface area contributed by atoms with Crippen LogP contribution in [0.5, 0.6) is 5.75 Å². The predicted molar refractivity (Wildman–Crippen MR) is 101 cm³/mol. The van der Waals surface area contributed by atoms with E-state index in [0.717, 1.165) is 5.69 Å². The summed E-state index contributed by atoms with van der Waals surface area (Å²) >= 11 is 0. The van der Waals surface area contributed by atoms with Crippen LogP contribution >= 0.6 is 0 Å².